The third-order valence-corrected chi connectivity index (χ3v) is 5.52. The summed E-state index contributed by atoms with van der Waals surface area (Å²) in [5, 5.41) is 2.89. The molecule has 0 saturated carbocycles. The van der Waals surface area contributed by atoms with E-state index in [9.17, 15) is 0 Å². The number of fused-ring (bicyclic) bond motifs is 1. The first kappa shape index (κ1) is 19.1. The van der Waals surface area contributed by atoms with Crippen LogP contribution in [0.25, 0.3) is 10.8 Å². The molecule has 0 aliphatic carbocycles. The zero-order valence-corrected chi connectivity index (χ0v) is 16.1. The average molecular weight is 322 g/mol. The molecular formula is C23H35B. The first-order valence-corrected chi connectivity index (χ1v) is 10.3. The molecule has 0 fully saturated rings. The molecule has 0 saturated heterocycles. The molecule has 0 bridgehead atoms. The average Bonchev–Trinajstić information content (AvgIpc) is 2.63. The number of hydrogen-bond acceptors (Lipinski definition) is 0. The van der Waals surface area contributed by atoms with Crippen LogP contribution in [0, 0.1) is 0 Å². The molecule has 2 rings (SSSR count). The Bertz CT molecular complexity index is 576. The highest BCUT2D eigenvalue weighted by atomic mass is 14.1. The summed E-state index contributed by atoms with van der Waals surface area (Å²) in [5.41, 5.74) is 1.61. The van der Waals surface area contributed by atoms with Gasteiger partial charge in [-0.05, 0) is 22.2 Å². The zero-order valence-electron chi connectivity index (χ0n) is 16.1. The zero-order chi connectivity index (χ0) is 17.2. The molecule has 2 aromatic carbocycles. The van der Waals surface area contributed by atoms with Crippen molar-refractivity contribution in [1.82, 2.24) is 0 Å². The van der Waals surface area contributed by atoms with E-state index in [1.165, 1.54) is 68.4 Å². The van der Waals surface area contributed by atoms with Crippen LogP contribution in [0.15, 0.2) is 42.5 Å². The Labute approximate surface area is 150 Å². The van der Waals surface area contributed by atoms with Gasteiger partial charge in [-0.3, -0.25) is 0 Å². The molecule has 0 N–H and O–H groups in total. The highest BCUT2D eigenvalue weighted by Crippen LogP contribution is 2.35. The van der Waals surface area contributed by atoms with Crippen molar-refractivity contribution in [3.63, 3.8) is 0 Å². The van der Waals surface area contributed by atoms with Crippen molar-refractivity contribution in [3.05, 3.63) is 48.0 Å². The Balaban J connectivity index is 2.36. The highest BCUT2D eigenvalue weighted by molar-refractivity contribution is 6.60. The topological polar surface area (TPSA) is 0 Å². The van der Waals surface area contributed by atoms with Crippen molar-refractivity contribution in [3.8, 4) is 0 Å². The lowest BCUT2D eigenvalue weighted by Crippen LogP contribution is -2.24. The number of rotatable bonds is 11. The molecule has 0 radical (unpaired) electrons. The maximum Gasteiger partial charge on any atom is 0.148 e. The Kier molecular flexibility index (Phi) is 8.43. The van der Waals surface area contributed by atoms with E-state index in [-0.39, 0.29) is 0 Å². The summed E-state index contributed by atoms with van der Waals surface area (Å²) < 4.78 is 0. The molecular weight excluding hydrogens is 287 g/mol. The van der Waals surface area contributed by atoms with Crippen LogP contribution in [0.4, 0.5) is 0 Å². The predicted molar refractivity (Wildman–Crippen MR) is 111 cm³/mol. The SMILES string of the molecule is CCCCB(CCCC)C(CCCC)c1cccc2ccccc12. The minimum Gasteiger partial charge on any atom is -0.0737 e. The van der Waals surface area contributed by atoms with Crippen LogP contribution in [-0.2, 0) is 0 Å². The minimum absolute atomic E-state index is 0.731. The lowest BCUT2D eigenvalue weighted by molar-refractivity contribution is 0.680. The molecule has 1 unspecified atom stereocenters. The lowest BCUT2D eigenvalue weighted by Gasteiger charge is -2.26. The molecule has 0 heterocycles. The normalized spacial score (nSPS) is 12.5. The Morgan fingerprint density at radius 1 is 0.750 bits per heavy atom. The van der Waals surface area contributed by atoms with Crippen LogP contribution in [0.2, 0.25) is 12.6 Å². The van der Waals surface area contributed by atoms with Crippen LogP contribution in [0.5, 0.6) is 0 Å². The third-order valence-electron chi connectivity index (χ3n) is 5.52. The van der Waals surface area contributed by atoms with Gasteiger partial charge in [0.25, 0.3) is 0 Å². The van der Waals surface area contributed by atoms with E-state index in [2.05, 4.69) is 63.2 Å². The maximum atomic E-state index is 2.41. The highest BCUT2D eigenvalue weighted by Gasteiger charge is 2.26. The summed E-state index contributed by atoms with van der Waals surface area (Å²) >= 11 is 0. The van der Waals surface area contributed by atoms with E-state index >= 15 is 0 Å². The first-order chi connectivity index (χ1) is 11.8. The fraction of sp³-hybridized carbons (Fsp3) is 0.565. The molecule has 24 heavy (non-hydrogen) atoms. The van der Waals surface area contributed by atoms with Gasteiger partial charge in [-0.25, -0.2) is 0 Å². The van der Waals surface area contributed by atoms with Crippen molar-refractivity contribution >= 4 is 17.5 Å². The third kappa shape index (κ3) is 5.13. The molecule has 1 heteroatoms. The summed E-state index contributed by atoms with van der Waals surface area (Å²) in [5.74, 6) is 0.731. The number of hydrogen-bond donors (Lipinski definition) is 0. The van der Waals surface area contributed by atoms with E-state index in [4.69, 9.17) is 0 Å². The maximum absolute atomic E-state index is 2.41. The number of unbranched alkanes of at least 4 members (excludes halogenated alkanes) is 3. The van der Waals surface area contributed by atoms with Gasteiger partial charge in [0.1, 0.15) is 6.71 Å². The second kappa shape index (κ2) is 10.6. The Morgan fingerprint density at radius 2 is 1.38 bits per heavy atom. The molecule has 0 spiro atoms. The Hall–Kier alpha value is -1.24. The van der Waals surface area contributed by atoms with Crippen molar-refractivity contribution in [2.24, 2.45) is 0 Å². The van der Waals surface area contributed by atoms with Crippen LogP contribution in [-0.4, -0.2) is 6.71 Å². The van der Waals surface area contributed by atoms with Gasteiger partial charge in [0, 0.05) is 0 Å². The number of benzene rings is 2. The fourth-order valence-electron chi connectivity index (χ4n) is 4.12. The standard InChI is InChI=1S/C23H35B/c1-4-7-17-23(24(18-8-5-2)19-9-6-3)22-16-12-14-20-13-10-11-15-21(20)22/h10-16,23H,4-9,17-19H2,1-3H3. The summed E-state index contributed by atoms with van der Waals surface area (Å²) in [6.45, 7) is 7.83. The van der Waals surface area contributed by atoms with Gasteiger partial charge in [-0.2, -0.15) is 0 Å². The second-order valence-corrected chi connectivity index (χ2v) is 7.36. The molecule has 130 valence electrons. The quantitative estimate of drug-likeness (QED) is 0.371. The van der Waals surface area contributed by atoms with Crippen molar-refractivity contribution in [1.29, 1.82) is 0 Å². The van der Waals surface area contributed by atoms with Crippen LogP contribution in [0.1, 0.15) is 77.1 Å². The largest absolute Gasteiger partial charge is 0.148 e. The predicted octanol–water partition coefficient (Wildman–Crippen LogP) is 7.75. The minimum atomic E-state index is 0.731. The summed E-state index contributed by atoms with van der Waals surface area (Å²) in [7, 11) is 0. The molecule has 2 aromatic rings. The van der Waals surface area contributed by atoms with E-state index in [0.717, 1.165) is 12.5 Å². The first-order valence-electron chi connectivity index (χ1n) is 10.3. The van der Waals surface area contributed by atoms with Crippen molar-refractivity contribution in [2.75, 3.05) is 0 Å². The van der Waals surface area contributed by atoms with Crippen molar-refractivity contribution < 1.29 is 0 Å². The van der Waals surface area contributed by atoms with Gasteiger partial charge in [-0.15, -0.1) is 0 Å². The van der Waals surface area contributed by atoms with Gasteiger partial charge >= 0.3 is 0 Å². The van der Waals surface area contributed by atoms with E-state index < -0.39 is 0 Å². The van der Waals surface area contributed by atoms with Gasteiger partial charge in [0.15, 0.2) is 0 Å². The van der Waals surface area contributed by atoms with Crippen LogP contribution >= 0.6 is 0 Å². The Morgan fingerprint density at radius 3 is 2.04 bits per heavy atom. The summed E-state index contributed by atoms with van der Waals surface area (Å²) in [6, 6.07) is 15.9. The van der Waals surface area contributed by atoms with Crippen LogP contribution in [0.3, 0.4) is 0 Å². The molecule has 0 nitrogen and oxygen atoms in total. The molecule has 0 aromatic heterocycles. The van der Waals surface area contributed by atoms with E-state index in [1.807, 2.05) is 0 Å². The smallest absolute Gasteiger partial charge is 0.0737 e. The van der Waals surface area contributed by atoms with E-state index in [0.29, 0.717) is 0 Å². The van der Waals surface area contributed by atoms with Crippen molar-refractivity contribution in [2.45, 2.75) is 84.2 Å². The molecule has 0 amide bonds. The fourth-order valence-corrected chi connectivity index (χ4v) is 4.12. The van der Waals surface area contributed by atoms with Gasteiger partial charge in [0.05, 0.1) is 0 Å². The lowest BCUT2D eigenvalue weighted by atomic mass is 9.34. The summed E-state index contributed by atoms with van der Waals surface area (Å²) in [6.07, 6.45) is 12.2. The second-order valence-electron chi connectivity index (χ2n) is 7.36. The van der Waals surface area contributed by atoms with Gasteiger partial charge in [0.2, 0.25) is 0 Å². The van der Waals surface area contributed by atoms with Gasteiger partial charge < -0.3 is 0 Å². The molecule has 0 aliphatic rings. The van der Waals surface area contributed by atoms with E-state index in [1.54, 1.807) is 5.56 Å². The van der Waals surface area contributed by atoms with Crippen LogP contribution < -0.4 is 0 Å². The van der Waals surface area contributed by atoms with Gasteiger partial charge in [-0.1, -0.05) is 121 Å². The molecule has 1 atom stereocenters. The summed E-state index contributed by atoms with van der Waals surface area (Å²) in [4.78, 5) is 0. The molecule has 0 aliphatic heterocycles. The monoisotopic (exact) mass is 322 g/mol.